The topological polar surface area (TPSA) is 61.4 Å². The van der Waals surface area contributed by atoms with Gasteiger partial charge in [0.1, 0.15) is 0 Å². The largest absolute Gasteiger partial charge is 0.323 e. The third-order valence-electron chi connectivity index (χ3n) is 4.73. The fourth-order valence-electron chi connectivity index (χ4n) is 3.31. The number of anilines is 3. The standard InChI is InChI=1S/C23H21N3O2S2/c1-3-26-19-14-16(25-23(28)24-15-7-6-8-17(13-15)29-2)11-12-21(19)30-20-10-5-4-9-18(20)22(26)27/h4-14H,3H2,1-2H3,(H2,24,25,28). The molecular formula is C23H21N3O2S2. The number of fused-ring (bicyclic) bond motifs is 2. The number of hydrogen-bond donors (Lipinski definition) is 2. The highest BCUT2D eigenvalue weighted by atomic mass is 32.2. The average Bonchev–Trinajstić information content (AvgIpc) is 2.87. The molecule has 0 spiro atoms. The number of urea groups is 1. The van der Waals surface area contributed by atoms with E-state index in [-0.39, 0.29) is 11.9 Å². The number of hydrogen-bond acceptors (Lipinski definition) is 4. The summed E-state index contributed by atoms with van der Waals surface area (Å²) in [6.45, 7) is 2.49. The third kappa shape index (κ3) is 4.17. The number of carbonyl (C=O) groups excluding carboxylic acids is 2. The van der Waals surface area contributed by atoms with E-state index < -0.39 is 0 Å². The van der Waals surface area contributed by atoms with Crippen LogP contribution < -0.4 is 15.5 Å². The van der Waals surface area contributed by atoms with Crippen molar-refractivity contribution in [3.05, 3.63) is 72.3 Å². The molecule has 5 nitrogen and oxygen atoms in total. The molecule has 30 heavy (non-hydrogen) atoms. The van der Waals surface area contributed by atoms with Crippen molar-refractivity contribution >= 4 is 52.5 Å². The quantitative estimate of drug-likeness (QED) is 0.480. The first-order chi connectivity index (χ1) is 14.6. The first-order valence-corrected chi connectivity index (χ1v) is 11.6. The van der Waals surface area contributed by atoms with E-state index >= 15 is 0 Å². The Kier molecular flexibility index (Phi) is 6.01. The summed E-state index contributed by atoms with van der Waals surface area (Å²) >= 11 is 3.19. The Morgan fingerprint density at radius 3 is 2.50 bits per heavy atom. The van der Waals surface area contributed by atoms with E-state index in [0.29, 0.717) is 17.8 Å². The first-order valence-electron chi connectivity index (χ1n) is 9.54. The Bertz CT molecular complexity index is 1120. The van der Waals surface area contributed by atoms with Gasteiger partial charge in [-0.25, -0.2) is 4.79 Å². The van der Waals surface area contributed by atoms with Crippen molar-refractivity contribution in [1.82, 2.24) is 0 Å². The minimum atomic E-state index is -0.327. The lowest BCUT2D eigenvalue weighted by Gasteiger charge is -2.22. The SMILES string of the molecule is CCN1C(=O)c2ccccc2Sc2ccc(NC(=O)Nc3cccc(SC)c3)cc21. The molecule has 0 saturated heterocycles. The van der Waals surface area contributed by atoms with Gasteiger partial charge in [-0.05, 0) is 61.7 Å². The molecule has 1 aliphatic rings. The van der Waals surface area contributed by atoms with E-state index in [1.54, 1.807) is 28.4 Å². The lowest BCUT2D eigenvalue weighted by Crippen LogP contribution is -2.30. The highest BCUT2D eigenvalue weighted by Crippen LogP contribution is 2.42. The minimum absolute atomic E-state index is 0.0326. The van der Waals surface area contributed by atoms with E-state index in [4.69, 9.17) is 0 Å². The number of rotatable bonds is 4. The van der Waals surface area contributed by atoms with E-state index in [9.17, 15) is 9.59 Å². The zero-order valence-electron chi connectivity index (χ0n) is 16.6. The normalized spacial score (nSPS) is 12.6. The molecule has 0 unspecified atom stereocenters. The van der Waals surface area contributed by atoms with Gasteiger partial charge in [0.25, 0.3) is 5.91 Å². The number of benzene rings is 3. The Balaban J connectivity index is 1.58. The maximum absolute atomic E-state index is 13.1. The molecule has 1 heterocycles. The molecule has 7 heteroatoms. The summed E-state index contributed by atoms with van der Waals surface area (Å²) in [6.07, 6.45) is 1.99. The zero-order chi connectivity index (χ0) is 21.1. The fourth-order valence-corrected chi connectivity index (χ4v) is 4.82. The lowest BCUT2D eigenvalue weighted by atomic mass is 10.1. The molecule has 0 aromatic heterocycles. The van der Waals surface area contributed by atoms with Crippen molar-refractivity contribution in [2.24, 2.45) is 0 Å². The summed E-state index contributed by atoms with van der Waals surface area (Å²) in [7, 11) is 0. The van der Waals surface area contributed by atoms with Crippen molar-refractivity contribution in [3.8, 4) is 0 Å². The molecule has 0 atom stereocenters. The second-order valence-electron chi connectivity index (χ2n) is 6.64. The van der Waals surface area contributed by atoms with Crippen LogP contribution in [0.2, 0.25) is 0 Å². The van der Waals surface area contributed by atoms with Crippen LogP contribution in [0.4, 0.5) is 21.9 Å². The number of thioether (sulfide) groups is 1. The molecule has 3 aromatic carbocycles. The van der Waals surface area contributed by atoms with Crippen LogP contribution in [0.15, 0.2) is 81.4 Å². The van der Waals surface area contributed by atoms with Gasteiger partial charge in [-0.15, -0.1) is 11.8 Å². The summed E-state index contributed by atoms with van der Waals surface area (Å²) in [5, 5.41) is 5.73. The van der Waals surface area contributed by atoms with Crippen molar-refractivity contribution < 1.29 is 9.59 Å². The van der Waals surface area contributed by atoms with Gasteiger partial charge in [0.2, 0.25) is 0 Å². The van der Waals surface area contributed by atoms with Gasteiger partial charge < -0.3 is 15.5 Å². The van der Waals surface area contributed by atoms with Crippen LogP contribution in [0.1, 0.15) is 17.3 Å². The maximum Gasteiger partial charge on any atom is 0.323 e. The molecule has 0 saturated carbocycles. The average molecular weight is 436 g/mol. The van der Waals surface area contributed by atoms with Gasteiger partial charge in [0.05, 0.1) is 11.3 Å². The van der Waals surface area contributed by atoms with E-state index in [0.717, 1.165) is 26.1 Å². The van der Waals surface area contributed by atoms with Crippen LogP contribution in [0, 0.1) is 0 Å². The molecule has 0 fully saturated rings. The molecule has 0 bridgehead atoms. The van der Waals surface area contributed by atoms with Crippen LogP contribution in [0.25, 0.3) is 0 Å². The maximum atomic E-state index is 13.1. The molecule has 152 valence electrons. The molecule has 3 aromatic rings. The molecule has 0 radical (unpaired) electrons. The van der Waals surface area contributed by atoms with Crippen LogP contribution in [0.3, 0.4) is 0 Å². The summed E-state index contributed by atoms with van der Waals surface area (Å²) in [5.41, 5.74) is 2.85. The highest BCUT2D eigenvalue weighted by Gasteiger charge is 2.26. The first kappa shape index (κ1) is 20.4. The summed E-state index contributed by atoms with van der Waals surface area (Å²) in [5.74, 6) is -0.0326. The predicted molar refractivity (Wildman–Crippen MR) is 125 cm³/mol. The summed E-state index contributed by atoms with van der Waals surface area (Å²) in [6, 6.07) is 20.6. The van der Waals surface area contributed by atoms with E-state index in [1.165, 1.54) is 0 Å². The van der Waals surface area contributed by atoms with Gasteiger partial charge in [0, 0.05) is 32.6 Å². The van der Waals surface area contributed by atoms with Crippen molar-refractivity contribution in [2.45, 2.75) is 21.6 Å². The zero-order valence-corrected chi connectivity index (χ0v) is 18.3. The van der Waals surface area contributed by atoms with Gasteiger partial charge in [-0.2, -0.15) is 0 Å². The lowest BCUT2D eigenvalue weighted by molar-refractivity contribution is 0.0985. The molecule has 4 rings (SSSR count). The van der Waals surface area contributed by atoms with Crippen LogP contribution in [0.5, 0.6) is 0 Å². The Morgan fingerprint density at radius 2 is 1.73 bits per heavy atom. The van der Waals surface area contributed by atoms with Crippen molar-refractivity contribution in [1.29, 1.82) is 0 Å². The monoisotopic (exact) mass is 435 g/mol. The molecule has 3 amide bonds. The van der Waals surface area contributed by atoms with Crippen LogP contribution in [-0.2, 0) is 0 Å². The Labute approximate surface area is 184 Å². The number of amides is 3. The smallest absolute Gasteiger partial charge is 0.308 e. The molecule has 2 N–H and O–H groups in total. The van der Waals surface area contributed by atoms with E-state index in [2.05, 4.69) is 10.6 Å². The number of nitrogens with zero attached hydrogens (tertiary/aromatic N) is 1. The van der Waals surface area contributed by atoms with Gasteiger partial charge in [0.15, 0.2) is 0 Å². The predicted octanol–water partition coefficient (Wildman–Crippen LogP) is 6.18. The minimum Gasteiger partial charge on any atom is -0.308 e. The Morgan fingerprint density at radius 1 is 0.967 bits per heavy atom. The van der Waals surface area contributed by atoms with Gasteiger partial charge in [-0.1, -0.05) is 30.0 Å². The van der Waals surface area contributed by atoms with E-state index in [1.807, 2.05) is 79.9 Å². The highest BCUT2D eigenvalue weighted by molar-refractivity contribution is 7.99. The molecule has 0 aliphatic carbocycles. The van der Waals surface area contributed by atoms with Gasteiger partial charge in [-0.3, -0.25) is 4.79 Å². The van der Waals surface area contributed by atoms with Crippen LogP contribution in [-0.4, -0.2) is 24.7 Å². The second kappa shape index (κ2) is 8.85. The summed E-state index contributed by atoms with van der Waals surface area (Å²) < 4.78 is 0. The molecular weight excluding hydrogens is 414 g/mol. The fraction of sp³-hybridized carbons (Fsp3) is 0.130. The Hall–Kier alpha value is -2.90. The molecule has 1 aliphatic heterocycles. The van der Waals surface area contributed by atoms with Crippen molar-refractivity contribution in [3.63, 3.8) is 0 Å². The van der Waals surface area contributed by atoms with Gasteiger partial charge >= 0.3 is 6.03 Å². The van der Waals surface area contributed by atoms with Crippen LogP contribution >= 0.6 is 23.5 Å². The third-order valence-corrected chi connectivity index (χ3v) is 6.60. The number of nitrogens with one attached hydrogen (secondary N) is 2. The van der Waals surface area contributed by atoms with Crippen molar-refractivity contribution in [2.75, 3.05) is 28.3 Å². The second-order valence-corrected chi connectivity index (χ2v) is 8.60. The summed E-state index contributed by atoms with van der Waals surface area (Å²) in [4.78, 5) is 30.3. The number of carbonyl (C=O) groups is 2.